The highest BCUT2D eigenvalue weighted by molar-refractivity contribution is 6.32. The van der Waals surface area contributed by atoms with E-state index in [1.54, 1.807) is 27.1 Å². The number of nitrogens with two attached hydrogens (primary N) is 1. The number of ketones is 4. The van der Waals surface area contributed by atoms with Gasteiger partial charge in [-0.25, -0.2) is 0 Å². The molecule has 48 heavy (non-hydrogen) atoms. The number of likely N-dealkylation sites (N-methyl/N-ethyl adjacent to an activating group) is 1. The van der Waals surface area contributed by atoms with E-state index >= 15 is 0 Å². The number of phenols is 1. The number of phenolic OH excluding ortho intramolecular Hbond substituents is 1. The van der Waals surface area contributed by atoms with Crippen LogP contribution in [-0.4, -0.2) is 89.0 Å². The fourth-order valence-corrected chi connectivity index (χ4v) is 8.12. The lowest BCUT2D eigenvalue weighted by Gasteiger charge is -2.52. The summed E-state index contributed by atoms with van der Waals surface area (Å²) in [5.41, 5.74) is 5.44. The monoisotopic (exact) mass is 655 g/mol. The quantitative estimate of drug-likeness (QED) is 0.202. The van der Waals surface area contributed by atoms with Gasteiger partial charge in [0.15, 0.2) is 34.7 Å². The lowest BCUT2D eigenvalue weighted by atomic mass is 9.52. The Morgan fingerprint density at radius 1 is 1.00 bits per heavy atom. The molecular formula is C36H37N3O9. The van der Waals surface area contributed by atoms with Gasteiger partial charge in [-0.3, -0.25) is 33.7 Å². The van der Waals surface area contributed by atoms with Crippen LogP contribution in [0.5, 0.6) is 5.75 Å². The lowest BCUT2D eigenvalue weighted by Crippen LogP contribution is -2.74. The van der Waals surface area contributed by atoms with Gasteiger partial charge < -0.3 is 26.0 Å². The van der Waals surface area contributed by atoms with Gasteiger partial charge >= 0.3 is 5.97 Å². The van der Waals surface area contributed by atoms with Crippen LogP contribution >= 0.6 is 0 Å². The number of ether oxygens (including phenoxy) is 1. The molecule has 0 spiro atoms. The van der Waals surface area contributed by atoms with Crippen LogP contribution in [0, 0.1) is 23.7 Å². The average Bonchev–Trinajstić information content (AvgIpc) is 3.03. The number of primary amides is 1. The van der Waals surface area contributed by atoms with Crippen LogP contribution in [0.2, 0.25) is 0 Å². The average molecular weight is 656 g/mol. The summed E-state index contributed by atoms with van der Waals surface area (Å²) in [6.45, 7) is 2.47. The smallest absolute Gasteiger partial charge is 0.319 e. The maximum atomic E-state index is 14.2. The van der Waals surface area contributed by atoms with E-state index in [0.717, 1.165) is 21.9 Å². The van der Waals surface area contributed by atoms with Crippen LogP contribution in [0.25, 0.3) is 21.9 Å². The standard InChI is InChI=1S/C36H37N3O9/c1-4-48-26(41)16-38-15-17-9-10-21(20-8-6-5-7-19(17)20)22-11-12-25(40)28-23(22)13-18-14-24-30(39(2)3)32(43)29(35(37)46)34(45)36(24,47)33(44)27(18)31(28)42/h5-12,18,24,27,29-30,38,40,47H,4,13-16H2,1-3H3,(H2,37,46)/t18-,24-,27?,29?,30?,36-/m0/s1. The number of esters is 1. The number of amides is 1. The number of Topliss-reactive ketones (excluding diaryl/α,β-unsaturated/α-hetero) is 4. The summed E-state index contributed by atoms with van der Waals surface area (Å²) < 4.78 is 5.00. The topological polar surface area (TPSA) is 193 Å². The number of aromatic hydroxyl groups is 1. The fraction of sp³-hybridized carbons (Fsp3) is 0.389. The number of carbonyl (C=O) groups excluding carboxylic acids is 6. The second kappa shape index (κ2) is 12.3. The van der Waals surface area contributed by atoms with E-state index in [0.29, 0.717) is 17.7 Å². The van der Waals surface area contributed by atoms with Gasteiger partial charge in [-0.2, -0.15) is 0 Å². The Kier molecular flexibility index (Phi) is 8.52. The molecule has 250 valence electrons. The minimum atomic E-state index is -2.78. The number of nitrogens with one attached hydrogen (secondary N) is 1. The molecule has 2 saturated carbocycles. The Labute approximate surface area is 276 Å². The first-order valence-corrected chi connectivity index (χ1v) is 15.9. The van der Waals surface area contributed by atoms with E-state index in [1.807, 2.05) is 36.4 Å². The molecule has 3 aromatic carbocycles. The highest BCUT2D eigenvalue weighted by Gasteiger charge is 2.69. The van der Waals surface area contributed by atoms with Gasteiger partial charge in [-0.05, 0) is 78.9 Å². The van der Waals surface area contributed by atoms with E-state index in [4.69, 9.17) is 10.5 Å². The molecule has 0 heterocycles. The highest BCUT2D eigenvalue weighted by Crippen LogP contribution is 2.52. The molecule has 3 aromatic rings. The minimum Gasteiger partial charge on any atom is -0.507 e. The van der Waals surface area contributed by atoms with Crippen molar-refractivity contribution in [3.05, 3.63) is 65.2 Å². The van der Waals surface area contributed by atoms with E-state index in [2.05, 4.69) is 5.32 Å². The minimum absolute atomic E-state index is 0.0369. The predicted octanol–water partition coefficient (Wildman–Crippen LogP) is 1.34. The normalized spacial score (nSPS) is 26.6. The predicted molar refractivity (Wildman–Crippen MR) is 173 cm³/mol. The van der Waals surface area contributed by atoms with Gasteiger partial charge in [-0.1, -0.05) is 42.5 Å². The molecule has 6 rings (SSSR count). The van der Waals surface area contributed by atoms with Crippen molar-refractivity contribution in [1.29, 1.82) is 0 Å². The molecule has 12 heteroatoms. The first kappa shape index (κ1) is 33.1. The first-order valence-electron chi connectivity index (χ1n) is 15.9. The molecule has 0 aliphatic heterocycles. The molecule has 3 unspecified atom stereocenters. The molecule has 1 amide bonds. The van der Waals surface area contributed by atoms with Gasteiger partial charge in [0, 0.05) is 12.5 Å². The summed E-state index contributed by atoms with van der Waals surface area (Å²) in [5.74, 6) is -11.3. The van der Waals surface area contributed by atoms with Crippen LogP contribution in [0.3, 0.4) is 0 Å². The van der Waals surface area contributed by atoms with Crippen LogP contribution in [-0.2, 0) is 41.7 Å². The SMILES string of the molecule is CCOC(=O)CNCc1ccc(-c2ccc(O)c3c2C[C@H]2C[C@H]4C(N(C)C)C(=O)C(C(N)=O)C(=O)[C@@]4(O)C(=O)C2C3=O)c2ccccc12. The Morgan fingerprint density at radius 3 is 2.35 bits per heavy atom. The van der Waals surface area contributed by atoms with Gasteiger partial charge in [0.05, 0.1) is 30.7 Å². The molecule has 0 aromatic heterocycles. The third kappa shape index (κ3) is 5.02. The number of carbonyl (C=O) groups is 6. The van der Waals surface area contributed by atoms with E-state index in [1.165, 1.54) is 11.0 Å². The summed E-state index contributed by atoms with van der Waals surface area (Å²) in [4.78, 5) is 80.8. The third-order valence-corrected chi connectivity index (χ3v) is 10.1. The number of hydrogen-bond acceptors (Lipinski definition) is 11. The Hall–Kier alpha value is -4.78. The summed E-state index contributed by atoms with van der Waals surface area (Å²) in [6, 6.07) is 13.4. The van der Waals surface area contributed by atoms with Gasteiger partial charge in [0.2, 0.25) is 5.91 Å². The summed E-state index contributed by atoms with van der Waals surface area (Å²) in [7, 11) is 3.10. The number of hydrogen-bond donors (Lipinski definition) is 4. The number of fused-ring (bicyclic) bond motifs is 4. The zero-order chi connectivity index (χ0) is 34.7. The number of aliphatic hydroxyl groups is 1. The van der Waals surface area contributed by atoms with Gasteiger partial charge in [-0.15, -0.1) is 0 Å². The lowest BCUT2D eigenvalue weighted by molar-refractivity contribution is -0.181. The molecule has 12 nitrogen and oxygen atoms in total. The van der Waals surface area contributed by atoms with E-state index in [9.17, 15) is 39.0 Å². The van der Waals surface area contributed by atoms with Crippen molar-refractivity contribution in [1.82, 2.24) is 10.2 Å². The molecular weight excluding hydrogens is 618 g/mol. The van der Waals surface area contributed by atoms with Crippen LogP contribution in [0.15, 0.2) is 48.5 Å². The molecule has 0 bridgehead atoms. The molecule has 5 N–H and O–H groups in total. The zero-order valence-corrected chi connectivity index (χ0v) is 26.8. The Bertz CT molecular complexity index is 1900. The van der Waals surface area contributed by atoms with Gasteiger partial charge in [0.25, 0.3) is 0 Å². The van der Waals surface area contributed by atoms with Gasteiger partial charge in [0.1, 0.15) is 5.75 Å². The van der Waals surface area contributed by atoms with Crippen molar-refractivity contribution in [3.63, 3.8) is 0 Å². The maximum Gasteiger partial charge on any atom is 0.319 e. The van der Waals surface area contributed by atoms with Crippen molar-refractivity contribution in [2.45, 2.75) is 38.0 Å². The molecule has 3 aliphatic rings. The molecule has 3 aliphatic carbocycles. The molecule has 2 fully saturated rings. The number of rotatable bonds is 8. The summed E-state index contributed by atoms with van der Waals surface area (Å²) >= 11 is 0. The number of benzene rings is 3. The zero-order valence-electron chi connectivity index (χ0n) is 26.8. The summed E-state index contributed by atoms with van der Waals surface area (Å²) in [6.07, 6.45) is 0.109. The second-order valence-electron chi connectivity index (χ2n) is 13.0. The van der Waals surface area contributed by atoms with E-state index in [-0.39, 0.29) is 43.3 Å². The largest absolute Gasteiger partial charge is 0.507 e. The van der Waals surface area contributed by atoms with Crippen molar-refractivity contribution in [2.75, 3.05) is 27.2 Å². The second-order valence-corrected chi connectivity index (χ2v) is 13.0. The Balaban J connectivity index is 1.43. The van der Waals surface area contributed by atoms with Crippen molar-refractivity contribution in [3.8, 4) is 16.9 Å². The van der Waals surface area contributed by atoms with E-state index < -0.39 is 64.4 Å². The molecule has 0 radical (unpaired) electrons. The van der Waals surface area contributed by atoms with Crippen molar-refractivity contribution < 1.29 is 43.7 Å². The van der Waals surface area contributed by atoms with Crippen molar-refractivity contribution >= 4 is 45.8 Å². The maximum absolute atomic E-state index is 14.2. The fourth-order valence-electron chi connectivity index (χ4n) is 8.12. The van der Waals surface area contributed by atoms with Crippen LogP contribution in [0.4, 0.5) is 0 Å². The molecule has 0 saturated heterocycles. The first-order chi connectivity index (χ1) is 22.8. The summed E-state index contributed by atoms with van der Waals surface area (Å²) in [5, 5.41) is 27.7. The van der Waals surface area contributed by atoms with Crippen molar-refractivity contribution in [2.24, 2.45) is 29.4 Å². The Morgan fingerprint density at radius 2 is 1.69 bits per heavy atom. The molecule has 6 atom stereocenters. The van der Waals surface area contributed by atoms with Crippen LogP contribution < -0.4 is 11.1 Å². The third-order valence-electron chi connectivity index (χ3n) is 10.1. The van der Waals surface area contributed by atoms with Crippen LogP contribution in [0.1, 0.15) is 34.8 Å². The number of nitrogens with zero attached hydrogens (tertiary/aromatic N) is 1. The highest BCUT2D eigenvalue weighted by atomic mass is 16.5.